The smallest absolute Gasteiger partial charge is 0.243 e. The van der Waals surface area contributed by atoms with Crippen LogP contribution in [0.25, 0.3) is 0 Å². The molecule has 0 radical (unpaired) electrons. The Bertz CT molecular complexity index is 858. The van der Waals surface area contributed by atoms with Crippen molar-refractivity contribution >= 4 is 23.6 Å². The summed E-state index contributed by atoms with van der Waals surface area (Å²) in [6.07, 6.45) is 1.31. The van der Waals surface area contributed by atoms with E-state index in [-0.39, 0.29) is 36.0 Å². The first-order valence-electron chi connectivity index (χ1n) is 10.9. The summed E-state index contributed by atoms with van der Waals surface area (Å²) >= 11 is 1.50. The van der Waals surface area contributed by atoms with Gasteiger partial charge in [-0.1, -0.05) is 38.1 Å². The predicted octanol–water partition coefficient (Wildman–Crippen LogP) is 4.79. The molecule has 0 heterocycles. The van der Waals surface area contributed by atoms with Gasteiger partial charge in [0.1, 0.15) is 17.6 Å². The van der Waals surface area contributed by atoms with Gasteiger partial charge in [0, 0.05) is 18.3 Å². The Morgan fingerprint density at radius 1 is 1.03 bits per heavy atom. The molecule has 7 heteroatoms. The summed E-state index contributed by atoms with van der Waals surface area (Å²) in [6, 6.07) is 13.2. The number of ether oxygens (including phenoxy) is 1. The molecule has 0 aromatic heterocycles. The first kappa shape index (κ1) is 25.7. The predicted molar refractivity (Wildman–Crippen MR) is 128 cm³/mol. The number of carbonyl (C=O) groups excluding carboxylic acids is 2. The second-order valence-electron chi connectivity index (χ2n) is 7.73. The van der Waals surface area contributed by atoms with Crippen LogP contribution in [-0.4, -0.2) is 41.7 Å². The lowest BCUT2D eigenvalue weighted by Crippen LogP contribution is -2.51. The summed E-state index contributed by atoms with van der Waals surface area (Å²) in [7, 11) is 1.62. The molecule has 32 heavy (non-hydrogen) atoms. The van der Waals surface area contributed by atoms with Crippen molar-refractivity contribution in [2.75, 3.05) is 12.9 Å². The van der Waals surface area contributed by atoms with Gasteiger partial charge >= 0.3 is 0 Å². The zero-order valence-corrected chi connectivity index (χ0v) is 20.1. The highest BCUT2D eigenvalue weighted by molar-refractivity contribution is 7.99. The Hall–Kier alpha value is -2.54. The van der Waals surface area contributed by atoms with Crippen molar-refractivity contribution < 1.29 is 18.7 Å². The van der Waals surface area contributed by atoms with Gasteiger partial charge in [-0.15, -0.1) is 11.8 Å². The topological polar surface area (TPSA) is 58.6 Å². The Kier molecular flexibility index (Phi) is 10.5. The normalized spacial score (nSPS) is 12.7. The fourth-order valence-electron chi connectivity index (χ4n) is 3.21. The number of nitrogens with one attached hydrogen (secondary N) is 1. The summed E-state index contributed by atoms with van der Waals surface area (Å²) in [6.45, 7) is 6.11. The first-order valence-corrected chi connectivity index (χ1v) is 12.1. The Labute approximate surface area is 194 Å². The van der Waals surface area contributed by atoms with Crippen LogP contribution in [0.4, 0.5) is 4.39 Å². The van der Waals surface area contributed by atoms with E-state index in [1.807, 2.05) is 45.0 Å². The molecule has 2 rings (SSSR count). The van der Waals surface area contributed by atoms with Crippen LogP contribution in [0.2, 0.25) is 0 Å². The average Bonchev–Trinajstić information content (AvgIpc) is 2.80. The highest BCUT2D eigenvalue weighted by Crippen LogP contribution is 2.19. The number of hydrogen-bond donors (Lipinski definition) is 1. The Morgan fingerprint density at radius 2 is 1.66 bits per heavy atom. The van der Waals surface area contributed by atoms with E-state index in [1.54, 1.807) is 24.1 Å². The van der Waals surface area contributed by atoms with Gasteiger partial charge in [0.25, 0.3) is 0 Å². The van der Waals surface area contributed by atoms with E-state index in [2.05, 4.69) is 5.32 Å². The molecular weight excluding hydrogens is 427 g/mol. The molecule has 5 nitrogen and oxygen atoms in total. The Balaban J connectivity index is 2.10. The van der Waals surface area contributed by atoms with E-state index in [4.69, 9.17) is 4.74 Å². The van der Waals surface area contributed by atoms with Crippen LogP contribution in [0.1, 0.15) is 44.7 Å². The number of halogens is 1. The molecule has 0 unspecified atom stereocenters. The molecule has 0 aliphatic heterocycles. The maximum atomic E-state index is 13.3. The maximum absolute atomic E-state index is 13.3. The van der Waals surface area contributed by atoms with Gasteiger partial charge in [-0.05, 0) is 55.2 Å². The molecule has 174 valence electrons. The minimum absolute atomic E-state index is 0.0313. The van der Waals surface area contributed by atoms with Crippen LogP contribution in [0.15, 0.2) is 48.5 Å². The van der Waals surface area contributed by atoms with Crippen LogP contribution in [0.3, 0.4) is 0 Å². The average molecular weight is 461 g/mol. The van der Waals surface area contributed by atoms with Crippen molar-refractivity contribution in [2.45, 2.75) is 58.0 Å². The van der Waals surface area contributed by atoms with E-state index in [9.17, 15) is 14.0 Å². The van der Waals surface area contributed by atoms with E-state index in [0.29, 0.717) is 12.2 Å². The van der Waals surface area contributed by atoms with Crippen LogP contribution >= 0.6 is 11.8 Å². The van der Waals surface area contributed by atoms with Gasteiger partial charge in [-0.3, -0.25) is 9.59 Å². The molecule has 2 aromatic carbocycles. The van der Waals surface area contributed by atoms with Crippen LogP contribution in [0, 0.1) is 5.82 Å². The van der Waals surface area contributed by atoms with Crippen LogP contribution in [0.5, 0.6) is 5.75 Å². The molecule has 0 bridgehead atoms. The molecule has 2 atom stereocenters. The van der Waals surface area contributed by atoms with Gasteiger partial charge in [-0.2, -0.15) is 0 Å². The number of methoxy groups -OCH3 is 1. The van der Waals surface area contributed by atoms with E-state index >= 15 is 0 Å². The fraction of sp³-hybridized carbons (Fsp3) is 0.440. The standard InChI is InChI=1S/C25H33FN2O3S/c1-5-18(3)27-25(30)23(6-2)28(15-19-7-11-21(26)12-8-19)24(29)17-32-16-20-9-13-22(31-4)14-10-20/h7-14,18,23H,5-6,15-17H2,1-4H3,(H,27,30)/t18-,23-/m0/s1. The SMILES string of the molecule is CC[C@H](C)NC(=O)[C@H](CC)N(Cc1ccc(F)cc1)C(=O)CSCc1ccc(OC)cc1. The first-order chi connectivity index (χ1) is 15.4. The largest absolute Gasteiger partial charge is 0.497 e. The highest BCUT2D eigenvalue weighted by atomic mass is 32.2. The quantitative estimate of drug-likeness (QED) is 0.495. The number of thioether (sulfide) groups is 1. The molecule has 0 saturated heterocycles. The molecule has 0 spiro atoms. The van der Waals surface area contributed by atoms with Crippen molar-refractivity contribution in [1.29, 1.82) is 0 Å². The van der Waals surface area contributed by atoms with Crippen molar-refractivity contribution in [3.63, 3.8) is 0 Å². The van der Waals surface area contributed by atoms with Crippen LogP contribution in [-0.2, 0) is 21.9 Å². The molecule has 0 aliphatic rings. The molecular formula is C25H33FN2O3S. The van der Waals surface area contributed by atoms with Crippen molar-refractivity contribution in [2.24, 2.45) is 0 Å². The van der Waals surface area contributed by atoms with Crippen LogP contribution < -0.4 is 10.1 Å². The number of carbonyl (C=O) groups is 2. The van der Waals surface area contributed by atoms with Gasteiger partial charge < -0.3 is 15.0 Å². The van der Waals surface area contributed by atoms with Gasteiger partial charge in [0.05, 0.1) is 12.9 Å². The number of hydrogen-bond acceptors (Lipinski definition) is 4. The van der Waals surface area contributed by atoms with Gasteiger partial charge in [0.2, 0.25) is 11.8 Å². The zero-order valence-electron chi connectivity index (χ0n) is 19.3. The minimum Gasteiger partial charge on any atom is -0.497 e. The fourth-order valence-corrected chi connectivity index (χ4v) is 4.08. The minimum atomic E-state index is -0.580. The van der Waals surface area contributed by atoms with E-state index in [0.717, 1.165) is 23.3 Å². The Morgan fingerprint density at radius 3 is 2.22 bits per heavy atom. The third-order valence-corrected chi connectivity index (χ3v) is 6.29. The van der Waals surface area contributed by atoms with Gasteiger partial charge in [0.15, 0.2) is 0 Å². The highest BCUT2D eigenvalue weighted by Gasteiger charge is 2.29. The maximum Gasteiger partial charge on any atom is 0.243 e. The zero-order chi connectivity index (χ0) is 23.5. The summed E-state index contributed by atoms with van der Waals surface area (Å²) in [4.78, 5) is 27.7. The molecule has 0 aliphatic carbocycles. The lowest BCUT2D eigenvalue weighted by molar-refractivity contribution is -0.139. The molecule has 1 N–H and O–H groups in total. The van der Waals surface area contributed by atoms with E-state index < -0.39 is 6.04 Å². The summed E-state index contributed by atoms with van der Waals surface area (Å²) in [5.41, 5.74) is 1.88. The second kappa shape index (κ2) is 13.1. The number of amides is 2. The third kappa shape index (κ3) is 7.86. The molecule has 2 aromatic rings. The number of rotatable bonds is 12. The number of nitrogens with zero attached hydrogens (tertiary/aromatic N) is 1. The monoisotopic (exact) mass is 460 g/mol. The van der Waals surface area contributed by atoms with Crippen molar-refractivity contribution in [1.82, 2.24) is 10.2 Å². The van der Waals surface area contributed by atoms with Crippen molar-refractivity contribution in [3.05, 3.63) is 65.5 Å². The molecule has 2 amide bonds. The number of benzene rings is 2. The second-order valence-corrected chi connectivity index (χ2v) is 8.72. The lowest BCUT2D eigenvalue weighted by atomic mass is 10.1. The summed E-state index contributed by atoms with van der Waals surface area (Å²) in [5.74, 6) is 1.12. The van der Waals surface area contributed by atoms with E-state index in [1.165, 1.54) is 23.9 Å². The summed E-state index contributed by atoms with van der Waals surface area (Å²) in [5, 5.41) is 2.99. The molecule has 0 fully saturated rings. The third-order valence-electron chi connectivity index (χ3n) is 5.31. The lowest BCUT2D eigenvalue weighted by Gasteiger charge is -2.31. The molecule has 0 saturated carbocycles. The van der Waals surface area contributed by atoms with Gasteiger partial charge in [-0.25, -0.2) is 4.39 Å². The summed E-state index contributed by atoms with van der Waals surface area (Å²) < 4.78 is 18.5. The van der Waals surface area contributed by atoms with Crippen molar-refractivity contribution in [3.8, 4) is 5.75 Å².